The number of nitrogens with zero attached hydrogens (tertiary/aromatic N) is 2. The van der Waals surface area contributed by atoms with Gasteiger partial charge in [-0.3, -0.25) is 9.59 Å². The number of carboxylic acid groups (broad SMARTS) is 1. The molecule has 9 heteroatoms. The average molecular weight is 455 g/mol. The fourth-order valence-corrected chi connectivity index (χ4v) is 4.07. The number of anilines is 2. The van der Waals surface area contributed by atoms with Gasteiger partial charge < -0.3 is 20.1 Å². The zero-order chi connectivity index (χ0) is 23.7. The quantitative estimate of drug-likeness (QED) is 0.650. The Morgan fingerprint density at radius 3 is 2.67 bits per heavy atom. The van der Waals surface area contributed by atoms with E-state index < -0.39 is 5.97 Å². The maximum atomic E-state index is 14.0. The van der Waals surface area contributed by atoms with E-state index in [2.05, 4.69) is 15.8 Å². The first-order valence-electron chi connectivity index (χ1n) is 10.9. The molecular formula is C24H27FN4O4. The summed E-state index contributed by atoms with van der Waals surface area (Å²) in [5.41, 5.74) is 7.00. The van der Waals surface area contributed by atoms with Gasteiger partial charge in [0.15, 0.2) is 5.84 Å². The Kier molecular flexibility index (Phi) is 6.22. The number of carbonyl (C=O) groups excluding carboxylic acids is 1. The molecule has 0 radical (unpaired) electrons. The van der Waals surface area contributed by atoms with E-state index in [1.165, 1.54) is 12.5 Å². The Morgan fingerprint density at radius 2 is 2.00 bits per heavy atom. The molecule has 0 saturated heterocycles. The molecule has 1 saturated carbocycles. The van der Waals surface area contributed by atoms with E-state index in [4.69, 9.17) is 14.6 Å². The van der Waals surface area contributed by atoms with E-state index in [0.29, 0.717) is 17.6 Å². The van der Waals surface area contributed by atoms with Gasteiger partial charge in [-0.15, -0.1) is 0 Å². The normalized spacial score (nSPS) is 18.9. The van der Waals surface area contributed by atoms with Crippen LogP contribution >= 0.6 is 0 Å². The lowest BCUT2D eigenvalue weighted by Crippen LogP contribution is -2.55. The SMILES string of the molecule is CC(=O)O.Cc1ccc(F)cc1-c1cc2c(cc1NC1CCC1)N1C(=NNC(=O)C1C)CO2. The van der Waals surface area contributed by atoms with Crippen molar-refractivity contribution in [3.63, 3.8) is 0 Å². The fraction of sp³-hybridized carbons (Fsp3) is 0.375. The molecule has 1 unspecified atom stereocenters. The number of carboxylic acids is 1. The minimum atomic E-state index is -0.833. The zero-order valence-electron chi connectivity index (χ0n) is 18.8. The molecule has 1 atom stereocenters. The summed E-state index contributed by atoms with van der Waals surface area (Å²) in [4.78, 5) is 23.1. The highest BCUT2D eigenvalue weighted by molar-refractivity contribution is 6.10. The minimum Gasteiger partial charge on any atom is -0.483 e. The van der Waals surface area contributed by atoms with Crippen LogP contribution in [0.4, 0.5) is 15.8 Å². The topological polar surface area (TPSA) is 103 Å². The third kappa shape index (κ3) is 4.62. The molecule has 2 aliphatic heterocycles. The van der Waals surface area contributed by atoms with Gasteiger partial charge in [0.25, 0.3) is 11.9 Å². The number of hydrazone groups is 1. The second-order valence-electron chi connectivity index (χ2n) is 8.45. The highest BCUT2D eigenvalue weighted by Gasteiger charge is 2.36. The molecule has 5 rings (SSSR count). The molecule has 0 bridgehead atoms. The summed E-state index contributed by atoms with van der Waals surface area (Å²) in [7, 11) is 0. The van der Waals surface area contributed by atoms with Gasteiger partial charge in [-0.25, -0.2) is 9.82 Å². The van der Waals surface area contributed by atoms with Crippen LogP contribution in [0.3, 0.4) is 0 Å². The van der Waals surface area contributed by atoms with Crippen LogP contribution in [-0.4, -0.2) is 41.5 Å². The molecule has 2 heterocycles. The van der Waals surface area contributed by atoms with Crippen molar-refractivity contribution in [2.24, 2.45) is 5.10 Å². The van der Waals surface area contributed by atoms with E-state index in [9.17, 15) is 9.18 Å². The van der Waals surface area contributed by atoms with Crippen molar-refractivity contribution in [2.75, 3.05) is 16.8 Å². The number of aryl methyl sites for hydroxylation is 1. The number of hydrogen-bond acceptors (Lipinski definition) is 6. The molecule has 0 spiro atoms. The van der Waals surface area contributed by atoms with Crippen LogP contribution in [0.15, 0.2) is 35.4 Å². The zero-order valence-corrected chi connectivity index (χ0v) is 18.8. The van der Waals surface area contributed by atoms with E-state index in [0.717, 1.165) is 47.8 Å². The number of fused-ring (bicyclic) bond motifs is 3. The molecule has 2 aromatic carbocycles. The van der Waals surface area contributed by atoms with Crippen molar-refractivity contribution >= 4 is 29.1 Å². The fourth-order valence-electron chi connectivity index (χ4n) is 4.07. The molecular weight excluding hydrogens is 427 g/mol. The standard InChI is InChI=1S/C22H23FN4O2.C2H4O2/c1-12-6-7-14(23)8-16(12)17-9-20-19(10-18(17)24-15-4-3-5-15)27-13(2)22(28)26-25-21(27)11-29-20;1-2(3)4/h6-10,13,15,24H,3-5,11H2,1-2H3,(H,26,28);1H3,(H,3,4). The Labute approximate surface area is 191 Å². The molecule has 1 aliphatic carbocycles. The molecule has 1 amide bonds. The second kappa shape index (κ2) is 9.09. The maximum absolute atomic E-state index is 14.0. The summed E-state index contributed by atoms with van der Waals surface area (Å²) in [5, 5.41) is 15.2. The van der Waals surface area contributed by atoms with Crippen LogP contribution in [0.1, 0.15) is 38.7 Å². The first-order valence-corrected chi connectivity index (χ1v) is 10.9. The van der Waals surface area contributed by atoms with Gasteiger partial charge in [0, 0.05) is 24.2 Å². The molecule has 8 nitrogen and oxygen atoms in total. The number of rotatable bonds is 3. The van der Waals surface area contributed by atoms with Crippen LogP contribution < -0.4 is 20.4 Å². The van der Waals surface area contributed by atoms with E-state index in [1.807, 2.05) is 30.9 Å². The first kappa shape index (κ1) is 22.6. The molecule has 3 aliphatic rings. The number of ether oxygens (including phenoxy) is 1. The van der Waals surface area contributed by atoms with Crippen LogP contribution in [0.5, 0.6) is 5.75 Å². The largest absolute Gasteiger partial charge is 0.483 e. The number of amidine groups is 1. The molecule has 0 aromatic heterocycles. The highest BCUT2D eigenvalue weighted by atomic mass is 19.1. The van der Waals surface area contributed by atoms with Crippen molar-refractivity contribution in [3.05, 3.63) is 41.7 Å². The lowest BCUT2D eigenvalue weighted by Gasteiger charge is -2.39. The maximum Gasteiger partial charge on any atom is 0.300 e. The van der Waals surface area contributed by atoms with Gasteiger partial charge in [-0.05, 0) is 68.5 Å². The van der Waals surface area contributed by atoms with Gasteiger partial charge in [0.1, 0.15) is 24.2 Å². The van der Waals surface area contributed by atoms with Gasteiger partial charge in [-0.1, -0.05) is 6.07 Å². The van der Waals surface area contributed by atoms with E-state index in [-0.39, 0.29) is 24.4 Å². The molecule has 174 valence electrons. The summed E-state index contributed by atoms with van der Waals surface area (Å²) in [5.74, 6) is 0.0898. The molecule has 33 heavy (non-hydrogen) atoms. The first-order chi connectivity index (χ1) is 15.7. The minimum absolute atomic E-state index is 0.153. The Hall–Kier alpha value is -3.62. The Bertz CT molecular complexity index is 1130. The number of nitrogens with one attached hydrogen (secondary N) is 2. The van der Waals surface area contributed by atoms with Crippen molar-refractivity contribution in [1.82, 2.24) is 5.43 Å². The number of hydrogen-bond donors (Lipinski definition) is 3. The smallest absolute Gasteiger partial charge is 0.300 e. The Balaban J connectivity index is 0.000000601. The number of benzene rings is 2. The van der Waals surface area contributed by atoms with Crippen LogP contribution in [0.25, 0.3) is 11.1 Å². The monoisotopic (exact) mass is 454 g/mol. The number of carbonyl (C=O) groups is 2. The number of amides is 1. The summed E-state index contributed by atoms with van der Waals surface area (Å²) in [6.45, 7) is 5.18. The average Bonchev–Trinajstić information content (AvgIpc) is 2.74. The Morgan fingerprint density at radius 1 is 1.27 bits per heavy atom. The summed E-state index contributed by atoms with van der Waals surface area (Å²) < 4.78 is 20.0. The van der Waals surface area contributed by atoms with Crippen molar-refractivity contribution in [2.45, 2.75) is 52.1 Å². The van der Waals surface area contributed by atoms with Crippen molar-refractivity contribution < 1.29 is 23.8 Å². The predicted octanol–water partition coefficient (Wildman–Crippen LogP) is 3.89. The van der Waals surface area contributed by atoms with Crippen molar-refractivity contribution in [1.29, 1.82) is 0 Å². The molecule has 1 fully saturated rings. The molecule has 3 N–H and O–H groups in total. The van der Waals surface area contributed by atoms with E-state index >= 15 is 0 Å². The van der Waals surface area contributed by atoms with Gasteiger partial charge >= 0.3 is 0 Å². The lowest BCUT2D eigenvalue weighted by molar-refractivity contribution is -0.134. The van der Waals surface area contributed by atoms with Crippen molar-refractivity contribution in [3.8, 4) is 16.9 Å². The highest BCUT2D eigenvalue weighted by Crippen LogP contribution is 2.44. The van der Waals surface area contributed by atoms with Crippen LogP contribution in [-0.2, 0) is 9.59 Å². The van der Waals surface area contributed by atoms with Gasteiger partial charge in [0.05, 0.1) is 5.69 Å². The lowest BCUT2D eigenvalue weighted by atomic mass is 9.91. The summed E-state index contributed by atoms with van der Waals surface area (Å²) >= 11 is 0. The number of halogens is 1. The summed E-state index contributed by atoms with van der Waals surface area (Å²) in [6.07, 6.45) is 3.44. The number of aliphatic carboxylic acids is 1. The second-order valence-corrected chi connectivity index (χ2v) is 8.45. The van der Waals surface area contributed by atoms with Gasteiger partial charge in [-0.2, -0.15) is 5.10 Å². The van der Waals surface area contributed by atoms with E-state index in [1.54, 1.807) is 12.1 Å². The summed E-state index contributed by atoms with van der Waals surface area (Å²) in [6, 6.07) is 8.81. The third-order valence-corrected chi connectivity index (χ3v) is 6.01. The van der Waals surface area contributed by atoms with Gasteiger partial charge in [0.2, 0.25) is 0 Å². The molecule has 2 aromatic rings. The van der Waals surface area contributed by atoms with Crippen LogP contribution in [0, 0.1) is 12.7 Å². The van der Waals surface area contributed by atoms with Crippen LogP contribution in [0.2, 0.25) is 0 Å². The predicted molar refractivity (Wildman–Crippen MR) is 124 cm³/mol. The third-order valence-electron chi connectivity index (χ3n) is 6.01.